The molecule has 1 saturated heterocycles. The van der Waals surface area contributed by atoms with Crippen molar-refractivity contribution in [2.45, 2.75) is 18.3 Å². The van der Waals surface area contributed by atoms with Gasteiger partial charge in [-0.25, -0.2) is 4.39 Å². The van der Waals surface area contributed by atoms with Crippen LogP contribution in [-0.2, 0) is 14.9 Å². The second kappa shape index (κ2) is 8.62. The molecule has 1 aliphatic rings. The van der Waals surface area contributed by atoms with E-state index in [0.717, 1.165) is 29.2 Å². The number of carbonyl (C=O) groups excluding carboxylic acids is 1. The van der Waals surface area contributed by atoms with Crippen molar-refractivity contribution in [1.29, 1.82) is 0 Å². The highest BCUT2D eigenvalue weighted by Crippen LogP contribution is 2.34. The van der Waals surface area contributed by atoms with Crippen molar-refractivity contribution >= 4 is 16.7 Å². The van der Waals surface area contributed by atoms with Crippen LogP contribution in [-0.4, -0.2) is 32.3 Å². The summed E-state index contributed by atoms with van der Waals surface area (Å²) in [5, 5.41) is 5.20. The molecule has 1 aliphatic heterocycles. The fourth-order valence-corrected chi connectivity index (χ4v) is 3.86. The van der Waals surface area contributed by atoms with Gasteiger partial charge >= 0.3 is 0 Å². The van der Waals surface area contributed by atoms with Crippen molar-refractivity contribution in [2.24, 2.45) is 0 Å². The molecule has 4 rings (SSSR count). The molecule has 3 aromatic carbocycles. The maximum Gasteiger partial charge on any atom is 0.257 e. The van der Waals surface area contributed by atoms with E-state index in [4.69, 9.17) is 9.47 Å². The van der Waals surface area contributed by atoms with Crippen LogP contribution in [0.5, 0.6) is 5.75 Å². The fourth-order valence-electron chi connectivity index (χ4n) is 3.86. The van der Waals surface area contributed by atoms with Crippen molar-refractivity contribution < 1.29 is 18.7 Å². The Morgan fingerprint density at radius 2 is 1.72 bits per heavy atom. The van der Waals surface area contributed by atoms with E-state index in [2.05, 4.69) is 5.32 Å². The molecule has 0 unspecified atom stereocenters. The van der Waals surface area contributed by atoms with Gasteiger partial charge in [0.1, 0.15) is 11.6 Å². The van der Waals surface area contributed by atoms with Crippen molar-refractivity contribution in [2.75, 3.05) is 26.4 Å². The summed E-state index contributed by atoms with van der Waals surface area (Å²) in [6.45, 7) is 1.68. The summed E-state index contributed by atoms with van der Waals surface area (Å²) in [5.41, 5.74) is 0.780. The summed E-state index contributed by atoms with van der Waals surface area (Å²) in [5.74, 6) is 0.230. The van der Waals surface area contributed by atoms with Gasteiger partial charge in [-0.3, -0.25) is 4.79 Å². The van der Waals surface area contributed by atoms with Crippen LogP contribution in [0.4, 0.5) is 4.39 Å². The van der Waals surface area contributed by atoms with E-state index in [9.17, 15) is 9.18 Å². The minimum Gasteiger partial charge on any atom is -0.484 e. The van der Waals surface area contributed by atoms with E-state index in [-0.39, 0.29) is 23.7 Å². The topological polar surface area (TPSA) is 47.6 Å². The zero-order chi connectivity index (χ0) is 20.1. The second-order valence-corrected chi connectivity index (χ2v) is 7.47. The molecule has 150 valence electrons. The largest absolute Gasteiger partial charge is 0.484 e. The Balaban J connectivity index is 1.38. The molecule has 3 aromatic rings. The van der Waals surface area contributed by atoms with Gasteiger partial charge < -0.3 is 14.8 Å². The van der Waals surface area contributed by atoms with Crippen LogP contribution in [0, 0.1) is 5.82 Å². The Kier molecular flexibility index (Phi) is 5.76. The number of hydrogen-bond acceptors (Lipinski definition) is 3. The predicted molar refractivity (Wildman–Crippen MR) is 111 cm³/mol. The maximum absolute atomic E-state index is 13.3. The first-order valence-electron chi connectivity index (χ1n) is 9.87. The average Bonchev–Trinajstić information content (AvgIpc) is 2.77. The quantitative estimate of drug-likeness (QED) is 0.682. The smallest absolute Gasteiger partial charge is 0.257 e. The summed E-state index contributed by atoms with van der Waals surface area (Å²) in [6, 6.07) is 20.3. The first-order chi connectivity index (χ1) is 14.1. The highest BCUT2D eigenvalue weighted by Gasteiger charge is 2.34. The SMILES string of the molecule is O=C(COc1ccc2ccccc2c1)NCC1(c2ccc(F)cc2)CCOCC1. The van der Waals surface area contributed by atoms with Crippen LogP contribution < -0.4 is 10.1 Å². The third-order valence-electron chi connectivity index (χ3n) is 5.62. The number of hydrogen-bond donors (Lipinski definition) is 1. The lowest BCUT2D eigenvalue weighted by atomic mass is 9.74. The third-order valence-corrected chi connectivity index (χ3v) is 5.62. The van der Waals surface area contributed by atoms with Gasteiger partial charge in [0.2, 0.25) is 0 Å². The van der Waals surface area contributed by atoms with Gasteiger partial charge in [0.25, 0.3) is 5.91 Å². The molecule has 1 amide bonds. The lowest BCUT2D eigenvalue weighted by Gasteiger charge is -2.38. The number of benzene rings is 3. The van der Waals surface area contributed by atoms with Crippen molar-refractivity contribution in [1.82, 2.24) is 5.32 Å². The first-order valence-corrected chi connectivity index (χ1v) is 9.87. The van der Waals surface area contributed by atoms with Crippen molar-refractivity contribution in [3.8, 4) is 5.75 Å². The summed E-state index contributed by atoms with van der Waals surface area (Å²) in [6.07, 6.45) is 1.56. The monoisotopic (exact) mass is 393 g/mol. The Bertz CT molecular complexity index is 981. The van der Waals surface area contributed by atoms with E-state index >= 15 is 0 Å². The molecule has 0 bridgehead atoms. The number of halogens is 1. The third kappa shape index (κ3) is 4.57. The minimum atomic E-state index is -0.260. The fraction of sp³-hybridized carbons (Fsp3) is 0.292. The second-order valence-electron chi connectivity index (χ2n) is 7.47. The lowest BCUT2D eigenvalue weighted by molar-refractivity contribution is -0.123. The Morgan fingerprint density at radius 1 is 1.00 bits per heavy atom. The van der Waals surface area contributed by atoms with E-state index in [1.54, 1.807) is 12.1 Å². The van der Waals surface area contributed by atoms with Crippen LogP contribution in [0.15, 0.2) is 66.7 Å². The molecule has 5 heteroatoms. The van der Waals surface area contributed by atoms with Crippen LogP contribution in [0.2, 0.25) is 0 Å². The van der Waals surface area contributed by atoms with Crippen LogP contribution in [0.25, 0.3) is 10.8 Å². The molecule has 0 aliphatic carbocycles. The van der Waals surface area contributed by atoms with Crippen molar-refractivity contribution in [3.63, 3.8) is 0 Å². The van der Waals surface area contributed by atoms with Crippen LogP contribution >= 0.6 is 0 Å². The molecule has 4 nitrogen and oxygen atoms in total. The molecule has 0 radical (unpaired) electrons. The standard InChI is InChI=1S/C24H24FNO3/c25-21-8-6-20(7-9-21)24(11-13-28-14-12-24)17-26-23(27)16-29-22-10-5-18-3-1-2-4-19(18)15-22/h1-10,15H,11-14,16-17H2,(H,26,27). The molecule has 0 saturated carbocycles. The number of rotatable bonds is 6. The summed E-state index contributed by atoms with van der Waals surface area (Å²) < 4.78 is 24.5. The molecule has 1 fully saturated rings. The van der Waals surface area contributed by atoms with E-state index in [0.29, 0.717) is 25.5 Å². The van der Waals surface area contributed by atoms with Gasteiger partial charge in [0.15, 0.2) is 6.61 Å². The molecule has 29 heavy (non-hydrogen) atoms. The van der Waals surface area contributed by atoms with Gasteiger partial charge in [-0.2, -0.15) is 0 Å². The molecule has 1 N–H and O–H groups in total. The number of carbonyl (C=O) groups is 1. The molecule has 1 heterocycles. The number of ether oxygens (including phenoxy) is 2. The van der Waals surface area contributed by atoms with Gasteiger partial charge in [0.05, 0.1) is 0 Å². The predicted octanol–water partition coefficient (Wildman–Crippen LogP) is 4.22. The highest BCUT2D eigenvalue weighted by molar-refractivity contribution is 5.84. The van der Waals surface area contributed by atoms with Gasteiger partial charge in [0, 0.05) is 25.2 Å². The number of fused-ring (bicyclic) bond motifs is 1. The number of amides is 1. The molecular formula is C24H24FNO3. The Morgan fingerprint density at radius 3 is 2.48 bits per heavy atom. The zero-order valence-corrected chi connectivity index (χ0v) is 16.2. The lowest BCUT2D eigenvalue weighted by Crippen LogP contribution is -2.45. The van der Waals surface area contributed by atoms with E-state index in [1.165, 1.54) is 12.1 Å². The maximum atomic E-state index is 13.3. The minimum absolute atomic E-state index is 0.0473. The molecular weight excluding hydrogens is 369 g/mol. The van der Waals surface area contributed by atoms with Gasteiger partial charge in [-0.15, -0.1) is 0 Å². The average molecular weight is 393 g/mol. The van der Waals surface area contributed by atoms with Crippen LogP contribution in [0.1, 0.15) is 18.4 Å². The molecule has 0 spiro atoms. The highest BCUT2D eigenvalue weighted by atomic mass is 19.1. The van der Waals surface area contributed by atoms with E-state index in [1.807, 2.05) is 42.5 Å². The summed E-state index contributed by atoms with van der Waals surface area (Å²) in [4.78, 5) is 12.4. The van der Waals surface area contributed by atoms with E-state index < -0.39 is 0 Å². The zero-order valence-electron chi connectivity index (χ0n) is 16.2. The normalized spacial score (nSPS) is 15.8. The molecule has 0 aromatic heterocycles. The first kappa shape index (κ1) is 19.4. The Hall–Kier alpha value is -2.92. The van der Waals surface area contributed by atoms with Gasteiger partial charge in [-0.05, 0) is 53.4 Å². The number of nitrogens with one attached hydrogen (secondary N) is 1. The molecule has 0 atom stereocenters. The Labute approximate surface area is 169 Å². The summed E-state index contributed by atoms with van der Waals surface area (Å²) in [7, 11) is 0. The van der Waals surface area contributed by atoms with Crippen molar-refractivity contribution in [3.05, 3.63) is 78.1 Å². The summed E-state index contributed by atoms with van der Waals surface area (Å²) >= 11 is 0. The van der Waals surface area contributed by atoms with Crippen LogP contribution in [0.3, 0.4) is 0 Å². The van der Waals surface area contributed by atoms with Gasteiger partial charge in [-0.1, -0.05) is 42.5 Å².